The number of pyridine rings is 1. The molecule has 0 aliphatic carbocycles. The Morgan fingerprint density at radius 1 is 1.67 bits per heavy atom. The highest BCUT2D eigenvalue weighted by atomic mass is 16.5. The summed E-state index contributed by atoms with van der Waals surface area (Å²) in [6.07, 6.45) is 3.01. The van der Waals surface area contributed by atoms with E-state index >= 15 is 0 Å². The van der Waals surface area contributed by atoms with Crippen molar-refractivity contribution in [3.05, 3.63) is 23.4 Å². The maximum atomic E-state index is 12.0. The average molecular weight is 206 g/mol. The van der Waals surface area contributed by atoms with E-state index in [-0.39, 0.29) is 11.9 Å². The minimum atomic E-state index is -0.324. The highest BCUT2D eigenvalue weighted by molar-refractivity contribution is 6.04. The molecule has 2 heterocycles. The number of ketones is 1. The summed E-state index contributed by atoms with van der Waals surface area (Å²) in [5.74, 6) is 0.270. The number of hydrogen-bond donors (Lipinski definition) is 1. The van der Waals surface area contributed by atoms with Crippen molar-refractivity contribution in [1.29, 1.82) is 0 Å². The van der Waals surface area contributed by atoms with Gasteiger partial charge in [-0.15, -0.1) is 0 Å². The molecular formula is C11H14N2O2. The molecule has 1 aromatic rings. The van der Waals surface area contributed by atoms with E-state index in [0.29, 0.717) is 18.0 Å². The zero-order valence-corrected chi connectivity index (χ0v) is 8.69. The number of nitrogens with zero attached hydrogens (tertiary/aromatic N) is 1. The summed E-state index contributed by atoms with van der Waals surface area (Å²) in [4.78, 5) is 16.0. The summed E-state index contributed by atoms with van der Waals surface area (Å²) >= 11 is 0. The maximum Gasteiger partial charge on any atom is 0.195 e. The van der Waals surface area contributed by atoms with Crippen molar-refractivity contribution in [3.63, 3.8) is 0 Å². The van der Waals surface area contributed by atoms with Crippen molar-refractivity contribution >= 4 is 11.6 Å². The summed E-state index contributed by atoms with van der Waals surface area (Å²) in [6, 6.07) is 1.79. The van der Waals surface area contributed by atoms with Crippen LogP contribution in [-0.2, 0) is 4.74 Å². The number of carbonyl (C=O) groups excluding carboxylic acids is 1. The van der Waals surface area contributed by atoms with Crippen LogP contribution in [-0.4, -0.2) is 23.5 Å². The predicted octanol–water partition coefficient (Wildman–Crippen LogP) is 1.33. The number of aromatic nitrogens is 1. The van der Waals surface area contributed by atoms with Crippen LogP contribution in [0.5, 0.6) is 0 Å². The summed E-state index contributed by atoms with van der Waals surface area (Å²) < 4.78 is 5.35. The molecule has 0 spiro atoms. The Labute approximate surface area is 88.4 Å². The Hall–Kier alpha value is -1.42. The molecule has 0 amide bonds. The number of aryl methyl sites for hydroxylation is 1. The van der Waals surface area contributed by atoms with E-state index in [9.17, 15) is 4.79 Å². The Morgan fingerprint density at radius 2 is 2.47 bits per heavy atom. The van der Waals surface area contributed by atoms with E-state index < -0.39 is 0 Å². The normalized spacial score (nSPS) is 20.5. The Bertz CT molecular complexity index is 364. The zero-order chi connectivity index (χ0) is 10.8. The quantitative estimate of drug-likeness (QED) is 0.741. The molecule has 1 saturated heterocycles. The van der Waals surface area contributed by atoms with E-state index in [4.69, 9.17) is 10.5 Å². The largest absolute Gasteiger partial charge is 0.383 e. The van der Waals surface area contributed by atoms with Crippen molar-refractivity contribution in [3.8, 4) is 0 Å². The zero-order valence-electron chi connectivity index (χ0n) is 8.69. The minimum Gasteiger partial charge on any atom is -0.383 e. The number of ether oxygens (including phenoxy) is 1. The van der Waals surface area contributed by atoms with Gasteiger partial charge in [0.25, 0.3) is 0 Å². The van der Waals surface area contributed by atoms with Crippen LogP contribution < -0.4 is 5.73 Å². The van der Waals surface area contributed by atoms with Gasteiger partial charge < -0.3 is 10.5 Å². The number of rotatable bonds is 2. The Kier molecular flexibility index (Phi) is 2.68. The van der Waals surface area contributed by atoms with Crippen LogP contribution in [0.15, 0.2) is 12.3 Å². The number of hydrogen-bond acceptors (Lipinski definition) is 4. The molecule has 80 valence electrons. The lowest BCUT2D eigenvalue weighted by molar-refractivity contribution is 0.0643. The molecule has 0 bridgehead atoms. The number of anilines is 1. The van der Waals surface area contributed by atoms with E-state index in [1.807, 2.05) is 6.92 Å². The standard InChI is InChI=1S/C11H14N2O2/c1-7-4-5-13-11(12)9(7)10(14)8-3-2-6-15-8/h4-5,8H,2-3,6H2,1H3,(H2,12,13). The monoisotopic (exact) mass is 206 g/mol. The van der Waals surface area contributed by atoms with Gasteiger partial charge >= 0.3 is 0 Å². The van der Waals surface area contributed by atoms with Gasteiger partial charge in [0.05, 0.1) is 5.56 Å². The van der Waals surface area contributed by atoms with Gasteiger partial charge in [-0.1, -0.05) is 0 Å². The lowest BCUT2D eigenvalue weighted by Crippen LogP contribution is -2.22. The molecule has 1 aliphatic heterocycles. The van der Waals surface area contributed by atoms with Crippen molar-refractivity contribution in [2.24, 2.45) is 0 Å². The second-order valence-electron chi connectivity index (χ2n) is 3.75. The Balaban J connectivity index is 2.32. The van der Waals surface area contributed by atoms with Gasteiger partial charge in [-0.05, 0) is 31.4 Å². The van der Waals surface area contributed by atoms with Gasteiger partial charge in [0.15, 0.2) is 5.78 Å². The second kappa shape index (κ2) is 3.98. The fourth-order valence-corrected chi connectivity index (χ4v) is 1.85. The number of Topliss-reactive ketones (excluding diaryl/α,β-unsaturated/α-hetero) is 1. The van der Waals surface area contributed by atoms with Crippen LogP contribution in [0.25, 0.3) is 0 Å². The van der Waals surface area contributed by atoms with Gasteiger partial charge in [-0.2, -0.15) is 0 Å². The third kappa shape index (κ3) is 1.85. The van der Waals surface area contributed by atoms with Crippen LogP contribution in [0, 0.1) is 6.92 Å². The SMILES string of the molecule is Cc1ccnc(N)c1C(=O)C1CCCO1. The fourth-order valence-electron chi connectivity index (χ4n) is 1.85. The summed E-state index contributed by atoms with van der Waals surface area (Å²) in [5, 5.41) is 0. The molecule has 0 aromatic carbocycles. The minimum absolute atomic E-state index is 0.0319. The van der Waals surface area contributed by atoms with Crippen LogP contribution in [0.4, 0.5) is 5.82 Å². The molecular weight excluding hydrogens is 192 g/mol. The molecule has 2 rings (SSSR count). The molecule has 1 aliphatic rings. The van der Waals surface area contributed by atoms with Gasteiger partial charge in [0.1, 0.15) is 11.9 Å². The first-order chi connectivity index (χ1) is 7.20. The first-order valence-corrected chi connectivity index (χ1v) is 5.07. The highest BCUT2D eigenvalue weighted by Gasteiger charge is 2.27. The van der Waals surface area contributed by atoms with E-state index in [2.05, 4.69) is 4.98 Å². The van der Waals surface area contributed by atoms with Gasteiger partial charge in [-0.3, -0.25) is 4.79 Å². The molecule has 0 radical (unpaired) electrons. The van der Waals surface area contributed by atoms with E-state index in [1.165, 1.54) is 0 Å². The molecule has 1 unspecified atom stereocenters. The molecule has 1 fully saturated rings. The van der Waals surface area contributed by atoms with Gasteiger partial charge in [0, 0.05) is 12.8 Å². The highest BCUT2D eigenvalue weighted by Crippen LogP contribution is 2.22. The maximum absolute atomic E-state index is 12.0. The Morgan fingerprint density at radius 3 is 3.07 bits per heavy atom. The van der Waals surface area contributed by atoms with Crippen LogP contribution in [0.2, 0.25) is 0 Å². The molecule has 15 heavy (non-hydrogen) atoms. The topological polar surface area (TPSA) is 65.2 Å². The second-order valence-corrected chi connectivity index (χ2v) is 3.75. The van der Waals surface area contributed by atoms with Crippen LogP contribution in [0.3, 0.4) is 0 Å². The molecule has 2 N–H and O–H groups in total. The number of carbonyl (C=O) groups is 1. The molecule has 4 heteroatoms. The number of nitrogens with two attached hydrogens (primary N) is 1. The first kappa shape index (κ1) is 10.1. The van der Waals surface area contributed by atoms with Crippen molar-refractivity contribution in [1.82, 2.24) is 4.98 Å². The average Bonchev–Trinajstić information content (AvgIpc) is 2.69. The molecule has 0 saturated carbocycles. The predicted molar refractivity (Wildman–Crippen MR) is 56.7 cm³/mol. The van der Waals surface area contributed by atoms with E-state index in [0.717, 1.165) is 18.4 Å². The molecule has 1 atom stereocenters. The van der Waals surface area contributed by atoms with Crippen molar-refractivity contribution < 1.29 is 9.53 Å². The third-order valence-electron chi connectivity index (χ3n) is 2.66. The lowest BCUT2D eigenvalue weighted by Gasteiger charge is -2.11. The van der Waals surface area contributed by atoms with Crippen LogP contribution >= 0.6 is 0 Å². The summed E-state index contributed by atoms with van der Waals surface area (Å²) in [7, 11) is 0. The van der Waals surface area contributed by atoms with Crippen LogP contribution in [0.1, 0.15) is 28.8 Å². The van der Waals surface area contributed by atoms with Crippen molar-refractivity contribution in [2.45, 2.75) is 25.9 Å². The fraction of sp³-hybridized carbons (Fsp3) is 0.455. The first-order valence-electron chi connectivity index (χ1n) is 5.07. The summed E-state index contributed by atoms with van der Waals surface area (Å²) in [5.41, 5.74) is 7.08. The van der Waals surface area contributed by atoms with Gasteiger partial charge in [-0.25, -0.2) is 4.98 Å². The van der Waals surface area contributed by atoms with Gasteiger partial charge in [0.2, 0.25) is 0 Å². The van der Waals surface area contributed by atoms with E-state index in [1.54, 1.807) is 12.3 Å². The van der Waals surface area contributed by atoms with Crippen molar-refractivity contribution in [2.75, 3.05) is 12.3 Å². The lowest BCUT2D eigenvalue weighted by atomic mass is 10.0. The summed E-state index contributed by atoms with van der Waals surface area (Å²) in [6.45, 7) is 2.52. The smallest absolute Gasteiger partial charge is 0.195 e. The third-order valence-corrected chi connectivity index (χ3v) is 2.66. The molecule has 4 nitrogen and oxygen atoms in total. The number of nitrogen functional groups attached to an aromatic ring is 1. The molecule has 1 aromatic heterocycles.